The number of amides is 1. The van der Waals surface area contributed by atoms with E-state index in [0.717, 1.165) is 17.9 Å². The summed E-state index contributed by atoms with van der Waals surface area (Å²) >= 11 is 6.24. The van der Waals surface area contributed by atoms with Gasteiger partial charge < -0.3 is 10.5 Å². The molecule has 1 aliphatic heterocycles. The maximum Gasteiger partial charge on any atom is 0.225 e. The standard InChI is InChI=1S/C14H15ClN4O2/c15-10-3-1-2-4-11(10)19-14(9-5-6-21-8-9)17-13(18-19)7-12(16)20/h1-4,9H,5-8H2,(H2,16,20)/t9-/m1/s1. The van der Waals surface area contributed by atoms with Gasteiger partial charge in [-0.15, -0.1) is 0 Å². The number of nitrogens with zero attached hydrogens (tertiary/aromatic N) is 3. The van der Waals surface area contributed by atoms with Gasteiger partial charge in [0, 0.05) is 12.5 Å². The van der Waals surface area contributed by atoms with Crippen LogP contribution in [0.3, 0.4) is 0 Å². The summed E-state index contributed by atoms with van der Waals surface area (Å²) in [6.45, 7) is 1.30. The molecule has 1 aromatic carbocycles. The quantitative estimate of drug-likeness (QED) is 0.927. The number of halogens is 1. The first kappa shape index (κ1) is 14.0. The highest BCUT2D eigenvalue weighted by atomic mass is 35.5. The third-order valence-electron chi connectivity index (χ3n) is 3.38. The minimum Gasteiger partial charge on any atom is -0.381 e. The molecule has 0 radical (unpaired) electrons. The Morgan fingerprint density at radius 3 is 2.95 bits per heavy atom. The van der Waals surface area contributed by atoms with E-state index in [1.807, 2.05) is 18.2 Å². The molecule has 1 aromatic heterocycles. The molecule has 0 unspecified atom stereocenters. The number of hydrogen-bond acceptors (Lipinski definition) is 4. The van der Waals surface area contributed by atoms with E-state index in [4.69, 9.17) is 22.1 Å². The fourth-order valence-electron chi connectivity index (χ4n) is 2.40. The molecule has 1 amide bonds. The van der Waals surface area contributed by atoms with Crippen molar-refractivity contribution < 1.29 is 9.53 Å². The Morgan fingerprint density at radius 1 is 1.48 bits per heavy atom. The number of carbonyl (C=O) groups excluding carboxylic acids is 1. The highest BCUT2D eigenvalue weighted by Gasteiger charge is 2.26. The minimum atomic E-state index is -0.458. The van der Waals surface area contributed by atoms with Gasteiger partial charge in [-0.1, -0.05) is 23.7 Å². The molecule has 110 valence electrons. The third-order valence-corrected chi connectivity index (χ3v) is 3.70. The molecule has 1 aliphatic rings. The number of primary amides is 1. The molecular weight excluding hydrogens is 292 g/mol. The molecule has 1 saturated heterocycles. The second kappa shape index (κ2) is 5.83. The summed E-state index contributed by atoms with van der Waals surface area (Å²) in [7, 11) is 0. The monoisotopic (exact) mass is 306 g/mol. The van der Waals surface area contributed by atoms with E-state index in [-0.39, 0.29) is 12.3 Å². The molecule has 3 rings (SSSR count). The molecule has 0 aliphatic carbocycles. The van der Waals surface area contributed by atoms with Crippen LogP contribution in [0.5, 0.6) is 0 Å². The Kier molecular flexibility index (Phi) is 3.90. The van der Waals surface area contributed by atoms with Crippen LogP contribution >= 0.6 is 11.6 Å². The van der Waals surface area contributed by atoms with Crippen LogP contribution < -0.4 is 5.73 Å². The minimum absolute atomic E-state index is 0.0119. The molecule has 1 atom stereocenters. The van der Waals surface area contributed by atoms with Crippen LogP contribution in [0.4, 0.5) is 0 Å². The first-order valence-corrected chi connectivity index (χ1v) is 7.09. The first-order valence-electron chi connectivity index (χ1n) is 6.72. The number of benzene rings is 1. The Bertz CT molecular complexity index is 665. The predicted octanol–water partition coefficient (Wildman–Crippen LogP) is 1.45. The number of aromatic nitrogens is 3. The second-order valence-electron chi connectivity index (χ2n) is 4.95. The van der Waals surface area contributed by atoms with Gasteiger partial charge in [0.15, 0.2) is 5.82 Å². The summed E-state index contributed by atoms with van der Waals surface area (Å²) in [4.78, 5) is 15.6. The van der Waals surface area contributed by atoms with Gasteiger partial charge in [-0.2, -0.15) is 5.10 Å². The van der Waals surface area contributed by atoms with Crippen molar-refractivity contribution in [1.82, 2.24) is 14.8 Å². The lowest BCUT2D eigenvalue weighted by Gasteiger charge is -2.10. The Labute approximate surface area is 126 Å². The van der Waals surface area contributed by atoms with Gasteiger partial charge in [0.1, 0.15) is 5.82 Å². The lowest BCUT2D eigenvalue weighted by Crippen LogP contribution is -2.14. The number of para-hydroxylation sites is 1. The van der Waals surface area contributed by atoms with E-state index in [2.05, 4.69) is 10.1 Å². The van der Waals surface area contributed by atoms with E-state index in [1.165, 1.54) is 0 Å². The van der Waals surface area contributed by atoms with Crippen molar-refractivity contribution in [3.05, 3.63) is 40.9 Å². The average molecular weight is 307 g/mol. The molecule has 1 fully saturated rings. The summed E-state index contributed by atoms with van der Waals surface area (Å²) in [5.74, 6) is 0.858. The van der Waals surface area contributed by atoms with Crippen LogP contribution in [0.2, 0.25) is 5.02 Å². The molecule has 0 spiro atoms. The number of ether oxygens (including phenoxy) is 1. The molecule has 21 heavy (non-hydrogen) atoms. The van der Waals surface area contributed by atoms with Crippen LogP contribution in [-0.2, 0) is 16.0 Å². The second-order valence-corrected chi connectivity index (χ2v) is 5.36. The largest absolute Gasteiger partial charge is 0.381 e. The van der Waals surface area contributed by atoms with E-state index < -0.39 is 5.91 Å². The first-order chi connectivity index (χ1) is 10.1. The molecule has 2 heterocycles. The van der Waals surface area contributed by atoms with Gasteiger partial charge in [-0.25, -0.2) is 9.67 Å². The van der Waals surface area contributed by atoms with Crippen LogP contribution in [0.1, 0.15) is 24.0 Å². The van der Waals surface area contributed by atoms with Crippen LogP contribution in [0.15, 0.2) is 24.3 Å². The smallest absolute Gasteiger partial charge is 0.225 e. The Balaban J connectivity index is 2.06. The fraction of sp³-hybridized carbons (Fsp3) is 0.357. The summed E-state index contributed by atoms with van der Waals surface area (Å²) in [6.07, 6.45) is 0.886. The summed E-state index contributed by atoms with van der Waals surface area (Å²) in [6, 6.07) is 7.39. The lowest BCUT2D eigenvalue weighted by atomic mass is 10.1. The number of carbonyl (C=O) groups is 1. The highest BCUT2D eigenvalue weighted by molar-refractivity contribution is 6.32. The van der Waals surface area contributed by atoms with Gasteiger partial charge in [-0.05, 0) is 18.6 Å². The molecule has 0 bridgehead atoms. The predicted molar refractivity (Wildman–Crippen MR) is 77.4 cm³/mol. The van der Waals surface area contributed by atoms with Crippen molar-refractivity contribution in [2.24, 2.45) is 5.73 Å². The van der Waals surface area contributed by atoms with E-state index in [9.17, 15) is 4.79 Å². The van der Waals surface area contributed by atoms with Crippen molar-refractivity contribution in [1.29, 1.82) is 0 Å². The maximum absolute atomic E-state index is 11.1. The van der Waals surface area contributed by atoms with Crippen LogP contribution in [-0.4, -0.2) is 33.9 Å². The summed E-state index contributed by atoms with van der Waals surface area (Å²) in [5, 5.41) is 4.97. The van der Waals surface area contributed by atoms with E-state index >= 15 is 0 Å². The van der Waals surface area contributed by atoms with Crippen molar-refractivity contribution in [2.45, 2.75) is 18.8 Å². The van der Waals surface area contributed by atoms with E-state index in [1.54, 1.807) is 10.7 Å². The Morgan fingerprint density at radius 2 is 2.29 bits per heavy atom. The molecule has 6 nitrogen and oxygen atoms in total. The number of hydrogen-bond donors (Lipinski definition) is 1. The van der Waals surface area contributed by atoms with Gasteiger partial charge >= 0.3 is 0 Å². The van der Waals surface area contributed by atoms with Crippen molar-refractivity contribution >= 4 is 17.5 Å². The normalized spacial score (nSPS) is 18.0. The lowest BCUT2D eigenvalue weighted by molar-refractivity contribution is -0.117. The van der Waals surface area contributed by atoms with Gasteiger partial charge in [0.05, 0.1) is 23.7 Å². The molecule has 7 heteroatoms. The maximum atomic E-state index is 11.1. The fourth-order valence-corrected chi connectivity index (χ4v) is 2.62. The number of nitrogens with two attached hydrogens (primary N) is 1. The summed E-state index contributed by atoms with van der Waals surface area (Å²) < 4.78 is 7.11. The highest BCUT2D eigenvalue weighted by Crippen LogP contribution is 2.28. The SMILES string of the molecule is NC(=O)Cc1nc([C@@H]2CCOC2)n(-c2ccccc2Cl)n1. The molecule has 2 N–H and O–H groups in total. The van der Waals surface area contributed by atoms with Crippen molar-refractivity contribution in [3.8, 4) is 5.69 Å². The zero-order valence-electron chi connectivity index (χ0n) is 11.3. The van der Waals surface area contributed by atoms with Crippen LogP contribution in [0.25, 0.3) is 5.69 Å². The number of rotatable bonds is 4. The average Bonchev–Trinajstić information content (AvgIpc) is 3.07. The topological polar surface area (TPSA) is 83.0 Å². The third kappa shape index (κ3) is 2.91. The van der Waals surface area contributed by atoms with Gasteiger partial charge in [0.25, 0.3) is 0 Å². The van der Waals surface area contributed by atoms with Crippen molar-refractivity contribution in [2.75, 3.05) is 13.2 Å². The molecular formula is C14H15ClN4O2. The molecule has 2 aromatic rings. The van der Waals surface area contributed by atoms with Crippen molar-refractivity contribution in [3.63, 3.8) is 0 Å². The molecule has 0 saturated carbocycles. The zero-order chi connectivity index (χ0) is 14.8. The summed E-state index contributed by atoms with van der Waals surface area (Å²) in [5.41, 5.74) is 5.97. The van der Waals surface area contributed by atoms with E-state index in [0.29, 0.717) is 24.1 Å². The van der Waals surface area contributed by atoms with Gasteiger partial charge in [-0.3, -0.25) is 4.79 Å². The zero-order valence-corrected chi connectivity index (χ0v) is 12.1. The Hall–Kier alpha value is -1.92. The van der Waals surface area contributed by atoms with Crippen LogP contribution in [0, 0.1) is 0 Å². The van der Waals surface area contributed by atoms with Gasteiger partial charge in [0.2, 0.25) is 5.91 Å².